The summed E-state index contributed by atoms with van der Waals surface area (Å²) in [5.41, 5.74) is 4.34. The number of fused-ring (bicyclic) bond motifs is 1. The van der Waals surface area contributed by atoms with Crippen LogP contribution in [0.1, 0.15) is 15.9 Å². The van der Waals surface area contributed by atoms with Gasteiger partial charge >= 0.3 is 0 Å². The molecule has 0 radical (unpaired) electrons. The number of pyridine rings is 2. The molecule has 5 aromatic rings. The van der Waals surface area contributed by atoms with Gasteiger partial charge in [0.1, 0.15) is 5.82 Å². The van der Waals surface area contributed by atoms with Gasteiger partial charge in [-0.15, -0.1) is 0 Å². The van der Waals surface area contributed by atoms with Crippen molar-refractivity contribution in [3.8, 4) is 0 Å². The maximum absolute atomic E-state index is 13.0. The molecule has 3 heterocycles. The molecule has 8 heteroatoms. The van der Waals surface area contributed by atoms with Crippen LogP contribution in [0.5, 0.6) is 0 Å². The fourth-order valence-corrected chi connectivity index (χ4v) is 3.45. The second kappa shape index (κ2) is 9.33. The van der Waals surface area contributed by atoms with Crippen LogP contribution >= 0.6 is 0 Å². The van der Waals surface area contributed by atoms with Crippen LogP contribution in [0.25, 0.3) is 10.9 Å². The van der Waals surface area contributed by atoms with E-state index in [9.17, 15) is 4.79 Å². The number of carbonyl (C=O) groups excluding carboxylic acids is 1. The average Bonchev–Trinajstić information content (AvgIpc) is 2.87. The summed E-state index contributed by atoms with van der Waals surface area (Å²) in [6.07, 6.45) is 6.48. The number of nitrogens with one attached hydrogen (secondary N) is 3. The lowest BCUT2D eigenvalue weighted by atomic mass is 10.1. The molecule has 5 rings (SSSR count). The molecule has 0 spiro atoms. The molecule has 0 aliphatic rings. The number of aromatic nitrogens is 4. The van der Waals surface area contributed by atoms with E-state index < -0.39 is 0 Å². The number of carbonyl (C=O) groups is 1. The lowest BCUT2D eigenvalue weighted by molar-refractivity contribution is 0.102. The zero-order chi connectivity index (χ0) is 23.3. The Morgan fingerprint density at radius 3 is 2.47 bits per heavy atom. The normalized spacial score (nSPS) is 10.6. The Kier molecular flexibility index (Phi) is 5.77. The van der Waals surface area contributed by atoms with Crippen molar-refractivity contribution >= 4 is 45.6 Å². The van der Waals surface area contributed by atoms with Crippen LogP contribution in [-0.4, -0.2) is 25.8 Å². The molecule has 0 unspecified atom stereocenters. The summed E-state index contributed by atoms with van der Waals surface area (Å²) in [7, 11) is 0. The van der Waals surface area contributed by atoms with E-state index in [1.54, 1.807) is 30.9 Å². The van der Waals surface area contributed by atoms with Crippen molar-refractivity contribution < 1.29 is 4.79 Å². The van der Waals surface area contributed by atoms with Gasteiger partial charge in [-0.25, -0.2) is 15.0 Å². The van der Waals surface area contributed by atoms with Crippen molar-refractivity contribution in [2.24, 2.45) is 0 Å². The third kappa shape index (κ3) is 4.81. The lowest BCUT2D eigenvalue weighted by Gasteiger charge is -2.12. The van der Waals surface area contributed by atoms with Crippen molar-refractivity contribution in [1.82, 2.24) is 19.9 Å². The molecule has 0 saturated carbocycles. The van der Waals surface area contributed by atoms with E-state index in [4.69, 9.17) is 0 Å². The number of rotatable bonds is 6. The van der Waals surface area contributed by atoms with Crippen molar-refractivity contribution in [3.05, 3.63) is 103 Å². The summed E-state index contributed by atoms with van der Waals surface area (Å²) in [5.74, 6) is 0.875. The molecule has 8 nitrogen and oxygen atoms in total. The Balaban J connectivity index is 1.29. The Hall–Kier alpha value is -4.85. The number of amides is 1. The molecule has 34 heavy (non-hydrogen) atoms. The molecular weight excluding hydrogens is 426 g/mol. The molecule has 0 saturated heterocycles. The van der Waals surface area contributed by atoms with Gasteiger partial charge in [0.05, 0.1) is 35.5 Å². The van der Waals surface area contributed by atoms with E-state index in [0.29, 0.717) is 23.0 Å². The molecule has 0 aliphatic heterocycles. The maximum Gasteiger partial charge on any atom is 0.256 e. The minimum Gasteiger partial charge on any atom is -0.340 e. The number of hydrogen-bond donors (Lipinski definition) is 3. The van der Waals surface area contributed by atoms with Gasteiger partial charge < -0.3 is 16.0 Å². The lowest BCUT2D eigenvalue weighted by Crippen LogP contribution is -2.14. The minimum absolute atomic E-state index is 0.246. The molecule has 3 aromatic heterocycles. The van der Waals surface area contributed by atoms with Gasteiger partial charge in [0.15, 0.2) is 0 Å². The van der Waals surface area contributed by atoms with Gasteiger partial charge in [-0.05, 0) is 55.0 Å². The first-order valence-corrected chi connectivity index (χ1v) is 10.7. The Morgan fingerprint density at radius 2 is 1.65 bits per heavy atom. The van der Waals surface area contributed by atoms with Crippen molar-refractivity contribution in [2.75, 3.05) is 16.0 Å². The SMILES string of the molecule is Cc1ccc(Nc2ccc3ccccc3n2)cc1C(=O)Nc1cnc(Nc2cccnc2)nc1. The second-order valence-electron chi connectivity index (χ2n) is 7.66. The standard InChI is InChI=1S/C26H21N7O/c1-17-8-10-19(30-24-11-9-18-5-2-3-7-23(18)33-24)13-22(17)25(34)31-21-15-28-26(29-16-21)32-20-6-4-12-27-14-20/h2-16H,1H3,(H,30,33)(H,31,34)(H,28,29,32). The smallest absolute Gasteiger partial charge is 0.256 e. The van der Waals surface area contributed by atoms with Crippen LogP contribution in [0.15, 0.2) is 91.5 Å². The topological polar surface area (TPSA) is 105 Å². The van der Waals surface area contributed by atoms with Crippen LogP contribution in [0, 0.1) is 6.92 Å². The zero-order valence-electron chi connectivity index (χ0n) is 18.4. The first-order valence-electron chi connectivity index (χ1n) is 10.7. The summed E-state index contributed by atoms with van der Waals surface area (Å²) < 4.78 is 0. The highest BCUT2D eigenvalue weighted by Gasteiger charge is 2.12. The Morgan fingerprint density at radius 1 is 0.794 bits per heavy atom. The second-order valence-corrected chi connectivity index (χ2v) is 7.66. The number of hydrogen-bond acceptors (Lipinski definition) is 7. The quantitative estimate of drug-likeness (QED) is 0.317. The third-order valence-corrected chi connectivity index (χ3v) is 5.18. The van der Waals surface area contributed by atoms with Crippen LogP contribution in [-0.2, 0) is 0 Å². The fraction of sp³-hybridized carbons (Fsp3) is 0.0385. The van der Waals surface area contributed by atoms with Crippen LogP contribution in [0.3, 0.4) is 0 Å². The van der Waals surface area contributed by atoms with E-state index in [0.717, 1.165) is 27.8 Å². The molecule has 1 amide bonds. The van der Waals surface area contributed by atoms with Crippen LogP contribution < -0.4 is 16.0 Å². The Labute approximate surface area is 196 Å². The number of aryl methyl sites for hydroxylation is 1. The molecule has 0 atom stereocenters. The van der Waals surface area contributed by atoms with Gasteiger partial charge in [0.2, 0.25) is 5.95 Å². The maximum atomic E-state index is 13.0. The molecule has 2 aromatic carbocycles. The first kappa shape index (κ1) is 21.0. The molecule has 166 valence electrons. The number of para-hydroxylation sites is 1. The zero-order valence-corrected chi connectivity index (χ0v) is 18.4. The van der Waals surface area contributed by atoms with E-state index in [2.05, 4.69) is 35.9 Å². The number of anilines is 5. The molecule has 3 N–H and O–H groups in total. The summed E-state index contributed by atoms with van der Waals surface area (Å²) in [4.78, 5) is 30.1. The monoisotopic (exact) mass is 447 g/mol. The predicted octanol–water partition coefficient (Wildman–Crippen LogP) is 5.47. The minimum atomic E-state index is -0.246. The predicted molar refractivity (Wildman–Crippen MR) is 134 cm³/mol. The third-order valence-electron chi connectivity index (χ3n) is 5.18. The summed E-state index contributed by atoms with van der Waals surface area (Å²) in [6.45, 7) is 1.89. The molecule has 0 fully saturated rings. The van der Waals surface area contributed by atoms with Gasteiger partial charge in [-0.1, -0.05) is 24.3 Å². The first-order chi connectivity index (χ1) is 16.6. The number of benzene rings is 2. The number of nitrogens with zero attached hydrogens (tertiary/aromatic N) is 4. The molecule has 0 bridgehead atoms. The highest BCUT2D eigenvalue weighted by molar-refractivity contribution is 6.05. The fourth-order valence-electron chi connectivity index (χ4n) is 3.45. The van der Waals surface area contributed by atoms with E-state index in [-0.39, 0.29) is 5.91 Å². The average molecular weight is 448 g/mol. The van der Waals surface area contributed by atoms with Gasteiger partial charge in [-0.2, -0.15) is 0 Å². The molecular formula is C26H21N7O. The largest absolute Gasteiger partial charge is 0.340 e. The summed E-state index contributed by atoms with van der Waals surface area (Å²) in [5, 5.41) is 10.3. The van der Waals surface area contributed by atoms with Crippen molar-refractivity contribution in [1.29, 1.82) is 0 Å². The van der Waals surface area contributed by atoms with Crippen LogP contribution in [0.2, 0.25) is 0 Å². The van der Waals surface area contributed by atoms with Gasteiger partial charge in [0, 0.05) is 22.8 Å². The van der Waals surface area contributed by atoms with Gasteiger partial charge in [-0.3, -0.25) is 9.78 Å². The Bertz CT molecular complexity index is 1450. The van der Waals surface area contributed by atoms with E-state index >= 15 is 0 Å². The highest BCUT2D eigenvalue weighted by atomic mass is 16.1. The van der Waals surface area contributed by atoms with E-state index in [1.165, 1.54) is 0 Å². The molecule has 0 aliphatic carbocycles. The van der Waals surface area contributed by atoms with Crippen molar-refractivity contribution in [3.63, 3.8) is 0 Å². The summed E-state index contributed by atoms with van der Waals surface area (Å²) in [6, 6.07) is 21.2. The highest BCUT2D eigenvalue weighted by Crippen LogP contribution is 2.22. The van der Waals surface area contributed by atoms with E-state index in [1.807, 2.05) is 67.6 Å². The summed E-state index contributed by atoms with van der Waals surface area (Å²) >= 11 is 0. The van der Waals surface area contributed by atoms with Crippen molar-refractivity contribution in [2.45, 2.75) is 6.92 Å². The van der Waals surface area contributed by atoms with Crippen LogP contribution in [0.4, 0.5) is 28.8 Å². The van der Waals surface area contributed by atoms with Gasteiger partial charge in [0.25, 0.3) is 5.91 Å².